The Morgan fingerprint density at radius 2 is 2.44 bits per heavy atom. The van der Waals surface area contributed by atoms with Gasteiger partial charge >= 0.3 is 6.55 Å². The van der Waals surface area contributed by atoms with Crippen molar-refractivity contribution in [2.24, 2.45) is 5.92 Å². The molecule has 1 saturated carbocycles. The van der Waals surface area contributed by atoms with E-state index in [0.717, 1.165) is 10.5 Å². The van der Waals surface area contributed by atoms with E-state index in [1.807, 2.05) is 0 Å². The van der Waals surface area contributed by atoms with Crippen LogP contribution >= 0.6 is 0 Å². The molecule has 0 amide bonds. The van der Waals surface area contributed by atoms with Gasteiger partial charge in [0.2, 0.25) is 0 Å². The number of hydrogen-bond acceptors (Lipinski definition) is 2. The number of aromatic nitrogens is 2. The van der Waals surface area contributed by atoms with Crippen molar-refractivity contribution in [1.29, 1.82) is 0 Å². The molecular formula is C11H17F2N3. The number of nitrogens with zero attached hydrogens (tertiary/aromatic N) is 2. The molecule has 1 aliphatic rings. The summed E-state index contributed by atoms with van der Waals surface area (Å²) in [6.07, 6.45) is 6.32. The zero-order valence-electron chi connectivity index (χ0n) is 9.37. The number of imidazole rings is 1. The first kappa shape index (κ1) is 11.5. The van der Waals surface area contributed by atoms with Gasteiger partial charge in [0.05, 0.1) is 6.54 Å². The maximum absolute atomic E-state index is 12.5. The first-order valence-corrected chi connectivity index (χ1v) is 5.75. The van der Waals surface area contributed by atoms with E-state index in [4.69, 9.17) is 0 Å². The highest BCUT2D eigenvalue weighted by molar-refractivity contribution is 4.97. The largest absolute Gasteiger partial charge is 0.319 e. The first-order valence-electron chi connectivity index (χ1n) is 5.75. The van der Waals surface area contributed by atoms with Crippen LogP contribution in [0.4, 0.5) is 8.78 Å². The number of halogens is 2. The first-order chi connectivity index (χ1) is 7.72. The van der Waals surface area contributed by atoms with Crippen LogP contribution in [-0.4, -0.2) is 15.6 Å². The minimum Gasteiger partial charge on any atom is -0.307 e. The quantitative estimate of drug-likeness (QED) is 0.812. The normalized spacial score (nSPS) is 24.0. The van der Waals surface area contributed by atoms with Crippen molar-refractivity contribution in [2.75, 3.05) is 0 Å². The summed E-state index contributed by atoms with van der Waals surface area (Å²) >= 11 is 0. The highest BCUT2D eigenvalue weighted by Crippen LogP contribution is 2.34. The summed E-state index contributed by atoms with van der Waals surface area (Å²) in [4.78, 5) is 3.93. The summed E-state index contributed by atoms with van der Waals surface area (Å²) in [5, 5.41) is 3.27. The fourth-order valence-corrected chi connectivity index (χ4v) is 2.07. The Hall–Kier alpha value is -0.970. The molecule has 5 heteroatoms. The third-order valence-corrected chi connectivity index (χ3v) is 3.06. The fraction of sp³-hybridized carbons (Fsp3) is 0.727. The van der Waals surface area contributed by atoms with E-state index in [2.05, 4.69) is 17.2 Å². The van der Waals surface area contributed by atoms with Gasteiger partial charge in [0.15, 0.2) is 0 Å². The molecule has 1 fully saturated rings. The molecule has 1 aromatic heterocycles. The summed E-state index contributed by atoms with van der Waals surface area (Å²) < 4.78 is 25.9. The molecule has 0 radical (unpaired) electrons. The third-order valence-electron chi connectivity index (χ3n) is 3.06. The van der Waals surface area contributed by atoms with E-state index in [0.29, 0.717) is 18.4 Å². The average Bonchev–Trinajstić information content (AvgIpc) is 2.80. The van der Waals surface area contributed by atoms with Crippen LogP contribution in [0.5, 0.6) is 0 Å². The van der Waals surface area contributed by atoms with E-state index < -0.39 is 6.55 Å². The second-order valence-corrected chi connectivity index (χ2v) is 4.30. The van der Waals surface area contributed by atoms with Gasteiger partial charge in [-0.1, -0.05) is 13.3 Å². The highest BCUT2D eigenvalue weighted by atomic mass is 19.3. The molecule has 2 atom stereocenters. The Bertz CT molecular complexity index is 338. The summed E-state index contributed by atoms with van der Waals surface area (Å²) in [6.45, 7) is 0.103. The maximum Gasteiger partial charge on any atom is 0.319 e. The highest BCUT2D eigenvalue weighted by Gasteiger charge is 2.35. The molecule has 2 rings (SSSR count). The third kappa shape index (κ3) is 2.58. The molecule has 1 heterocycles. The van der Waals surface area contributed by atoms with Crippen LogP contribution in [0.2, 0.25) is 0 Å². The van der Waals surface area contributed by atoms with Crippen LogP contribution in [0.1, 0.15) is 38.6 Å². The Kier molecular flexibility index (Phi) is 3.53. The second-order valence-electron chi connectivity index (χ2n) is 4.30. The predicted molar refractivity (Wildman–Crippen MR) is 57.1 cm³/mol. The molecule has 1 N–H and O–H groups in total. The van der Waals surface area contributed by atoms with Crippen molar-refractivity contribution in [2.45, 2.75) is 45.3 Å². The van der Waals surface area contributed by atoms with E-state index in [1.165, 1.54) is 31.7 Å². The standard InChI is InChI=1S/C11H17F2N3/c1-2-3-8-6-9(8)15-7-10-14-4-5-16(10)11(12)13/h4-5,8-9,11,15H,2-3,6-7H2,1H3. The van der Waals surface area contributed by atoms with E-state index in [1.54, 1.807) is 0 Å². The van der Waals surface area contributed by atoms with Gasteiger partial charge in [0.1, 0.15) is 5.82 Å². The molecule has 0 saturated heterocycles. The van der Waals surface area contributed by atoms with Gasteiger partial charge < -0.3 is 5.32 Å². The fourth-order valence-electron chi connectivity index (χ4n) is 2.07. The summed E-state index contributed by atoms with van der Waals surface area (Å²) in [5.74, 6) is 1.15. The van der Waals surface area contributed by atoms with Gasteiger partial charge in [-0.15, -0.1) is 0 Å². The molecule has 0 aromatic carbocycles. The van der Waals surface area contributed by atoms with E-state index in [9.17, 15) is 8.78 Å². The van der Waals surface area contributed by atoms with Crippen LogP contribution in [0.3, 0.4) is 0 Å². The van der Waals surface area contributed by atoms with Crippen molar-refractivity contribution in [3.8, 4) is 0 Å². The SMILES string of the molecule is CCCC1CC1NCc1nccn1C(F)F. The van der Waals surface area contributed by atoms with Gasteiger partial charge in [-0.05, 0) is 18.8 Å². The zero-order chi connectivity index (χ0) is 11.5. The molecule has 2 unspecified atom stereocenters. The summed E-state index contributed by atoms with van der Waals surface area (Å²) in [5.41, 5.74) is 0. The smallest absolute Gasteiger partial charge is 0.307 e. The Morgan fingerprint density at radius 3 is 3.12 bits per heavy atom. The number of hydrogen-bond donors (Lipinski definition) is 1. The molecule has 1 aliphatic carbocycles. The van der Waals surface area contributed by atoms with Gasteiger partial charge in [-0.25, -0.2) is 4.98 Å². The van der Waals surface area contributed by atoms with Crippen molar-refractivity contribution in [1.82, 2.24) is 14.9 Å². The van der Waals surface area contributed by atoms with Crippen LogP contribution < -0.4 is 5.32 Å². The molecule has 0 bridgehead atoms. The van der Waals surface area contributed by atoms with Gasteiger partial charge in [0.25, 0.3) is 0 Å². The number of rotatable bonds is 6. The van der Waals surface area contributed by atoms with Crippen molar-refractivity contribution in [3.05, 3.63) is 18.2 Å². The van der Waals surface area contributed by atoms with E-state index >= 15 is 0 Å². The zero-order valence-corrected chi connectivity index (χ0v) is 9.37. The lowest BCUT2D eigenvalue weighted by Crippen LogP contribution is -2.20. The monoisotopic (exact) mass is 229 g/mol. The molecule has 0 spiro atoms. The van der Waals surface area contributed by atoms with E-state index in [-0.39, 0.29) is 0 Å². The van der Waals surface area contributed by atoms with Crippen LogP contribution in [-0.2, 0) is 6.54 Å². The second kappa shape index (κ2) is 4.91. The van der Waals surface area contributed by atoms with Crippen LogP contribution in [0.15, 0.2) is 12.4 Å². The molecule has 0 aliphatic heterocycles. The van der Waals surface area contributed by atoms with Crippen molar-refractivity contribution in [3.63, 3.8) is 0 Å². The Morgan fingerprint density at radius 1 is 1.62 bits per heavy atom. The molecule has 90 valence electrons. The van der Waals surface area contributed by atoms with Crippen molar-refractivity contribution < 1.29 is 8.78 Å². The lowest BCUT2D eigenvalue weighted by atomic mass is 10.2. The van der Waals surface area contributed by atoms with Crippen molar-refractivity contribution >= 4 is 0 Å². The Balaban J connectivity index is 1.80. The lowest BCUT2D eigenvalue weighted by Gasteiger charge is -2.07. The minimum atomic E-state index is -2.50. The van der Waals surface area contributed by atoms with Gasteiger partial charge in [-0.3, -0.25) is 4.57 Å². The number of nitrogens with one attached hydrogen (secondary N) is 1. The molecule has 3 nitrogen and oxygen atoms in total. The summed E-state index contributed by atoms with van der Waals surface area (Å²) in [7, 11) is 0. The maximum atomic E-state index is 12.5. The van der Waals surface area contributed by atoms with Crippen LogP contribution in [0.25, 0.3) is 0 Å². The van der Waals surface area contributed by atoms with Gasteiger partial charge in [0, 0.05) is 18.4 Å². The molecule has 16 heavy (non-hydrogen) atoms. The average molecular weight is 229 g/mol. The minimum absolute atomic E-state index is 0.414. The molecule has 1 aromatic rings. The van der Waals surface area contributed by atoms with Gasteiger partial charge in [-0.2, -0.15) is 8.78 Å². The predicted octanol–water partition coefficient (Wildman–Crippen LogP) is 2.56. The molecular weight excluding hydrogens is 212 g/mol. The van der Waals surface area contributed by atoms with Crippen LogP contribution in [0, 0.1) is 5.92 Å². The lowest BCUT2D eigenvalue weighted by molar-refractivity contribution is 0.0666. The number of alkyl halides is 2. The Labute approximate surface area is 93.9 Å². The topological polar surface area (TPSA) is 29.9 Å². The summed E-state index contributed by atoms with van der Waals surface area (Å²) in [6, 6.07) is 0.503.